The van der Waals surface area contributed by atoms with Crippen LogP contribution in [0.1, 0.15) is 36.6 Å². The summed E-state index contributed by atoms with van der Waals surface area (Å²) in [4.78, 5) is 15.4. The minimum absolute atomic E-state index is 0.0725. The number of thiophene rings is 1. The van der Waals surface area contributed by atoms with Crippen molar-refractivity contribution in [1.29, 1.82) is 0 Å². The second-order valence-electron chi connectivity index (χ2n) is 4.81. The van der Waals surface area contributed by atoms with Gasteiger partial charge >= 0.3 is 0 Å². The SMILES string of the molecule is NC1CCC(=O)N(C2CC2)C1c1sccc1Br. The molecule has 0 radical (unpaired) electrons. The third kappa shape index (κ3) is 2.04. The van der Waals surface area contributed by atoms with E-state index in [4.69, 9.17) is 5.73 Å². The number of hydrogen-bond acceptors (Lipinski definition) is 3. The number of rotatable bonds is 2. The first-order chi connectivity index (χ1) is 8.18. The maximum atomic E-state index is 12.1. The van der Waals surface area contributed by atoms with Gasteiger partial charge in [0.15, 0.2) is 0 Å². The lowest BCUT2D eigenvalue weighted by molar-refractivity contribution is -0.138. The van der Waals surface area contributed by atoms with Crippen molar-refractivity contribution in [3.63, 3.8) is 0 Å². The smallest absolute Gasteiger partial charge is 0.223 e. The molecule has 1 saturated carbocycles. The summed E-state index contributed by atoms with van der Waals surface area (Å²) in [6.45, 7) is 0. The molecule has 2 heterocycles. The summed E-state index contributed by atoms with van der Waals surface area (Å²) < 4.78 is 1.09. The average Bonchev–Trinajstić information content (AvgIpc) is 3.05. The number of amides is 1. The van der Waals surface area contributed by atoms with Crippen molar-refractivity contribution >= 4 is 33.2 Å². The summed E-state index contributed by atoms with van der Waals surface area (Å²) in [6.07, 6.45) is 3.68. The van der Waals surface area contributed by atoms with Crippen LogP contribution in [0.2, 0.25) is 0 Å². The van der Waals surface area contributed by atoms with E-state index in [2.05, 4.69) is 21.3 Å². The van der Waals surface area contributed by atoms with Gasteiger partial charge in [0.1, 0.15) is 0 Å². The minimum Gasteiger partial charge on any atom is -0.330 e. The zero-order valence-corrected chi connectivity index (χ0v) is 11.8. The van der Waals surface area contributed by atoms with Crippen LogP contribution in [0.25, 0.3) is 0 Å². The van der Waals surface area contributed by atoms with Gasteiger partial charge in [-0.25, -0.2) is 0 Å². The van der Waals surface area contributed by atoms with Crippen LogP contribution in [0.4, 0.5) is 0 Å². The Morgan fingerprint density at radius 2 is 2.18 bits per heavy atom. The first-order valence-corrected chi connectivity index (χ1v) is 7.65. The molecule has 5 heteroatoms. The Labute approximate surface area is 113 Å². The fourth-order valence-electron chi connectivity index (χ4n) is 2.56. The van der Waals surface area contributed by atoms with Crippen molar-refractivity contribution in [2.24, 2.45) is 5.73 Å². The lowest BCUT2D eigenvalue weighted by Gasteiger charge is -2.39. The van der Waals surface area contributed by atoms with E-state index in [0.717, 1.165) is 23.7 Å². The van der Waals surface area contributed by atoms with Crippen molar-refractivity contribution in [3.05, 3.63) is 20.8 Å². The van der Waals surface area contributed by atoms with Gasteiger partial charge in [-0.05, 0) is 46.6 Å². The average molecular weight is 315 g/mol. The molecule has 17 heavy (non-hydrogen) atoms. The largest absolute Gasteiger partial charge is 0.330 e. The lowest BCUT2D eigenvalue weighted by Crippen LogP contribution is -2.49. The number of carbonyl (C=O) groups is 1. The van der Waals surface area contributed by atoms with E-state index < -0.39 is 0 Å². The molecule has 2 unspecified atom stereocenters. The molecule has 0 aromatic carbocycles. The Balaban J connectivity index is 1.97. The summed E-state index contributed by atoms with van der Waals surface area (Å²) in [6, 6.07) is 2.63. The second-order valence-corrected chi connectivity index (χ2v) is 6.61. The predicted octanol–water partition coefficient (Wildman–Crippen LogP) is 2.66. The molecule has 0 spiro atoms. The van der Waals surface area contributed by atoms with Crippen molar-refractivity contribution in [3.8, 4) is 0 Å². The van der Waals surface area contributed by atoms with E-state index >= 15 is 0 Å². The van der Waals surface area contributed by atoms with E-state index in [9.17, 15) is 4.79 Å². The van der Waals surface area contributed by atoms with Gasteiger partial charge in [-0.2, -0.15) is 0 Å². The highest BCUT2D eigenvalue weighted by molar-refractivity contribution is 9.10. The number of piperidine rings is 1. The third-order valence-corrected chi connectivity index (χ3v) is 5.48. The summed E-state index contributed by atoms with van der Waals surface area (Å²) in [5.41, 5.74) is 6.25. The summed E-state index contributed by atoms with van der Waals surface area (Å²) >= 11 is 5.25. The van der Waals surface area contributed by atoms with E-state index in [0.29, 0.717) is 12.5 Å². The standard InChI is InChI=1S/C12H15BrN2OS/c13-8-5-6-17-12(8)11-9(14)3-4-10(16)15(11)7-1-2-7/h5-7,9,11H,1-4,14H2. The molecular weight excluding hydrogens is 300 g/mol. The number of nitrogens with two attached hydrogens (primary N) is 1. The molecule has 2 fully saturated rings. The van der Waals surface area contributed by atoms with Gasteiger partial charge in [0.25, 0.3) is 0 Å². The molecule has 1 amide bonds. The molecule has 0 bridgehead atoms. The van der Waals surface area contributed by atoms with E-state index in [-0.39, 0.29) is 18.0 Å². The molecule has 2 N–H and O–H groups in total. The van der Waals surface area contributed by atoms with Crippen LogP contribution in [0, 0.1) is 0 Å². The molecule has 1 aromatic heterocycles. The lowest BCUT2D eigenvalue weighted by atomic mass is 9.95. The third-order valence-electron chi connectivity index (χ3n) is 3.54. The number of halogens is 1. The topological polar surface area (TPSA) is 46.3 Å². The van der Waals surface area contributed by atoms with E-state index in [1.165, 1.54) is 4.88 Å². The fourth-order valence-corrected chi connectivity index (χ4v) is 4.34. The van der Waals surface area contributed by atoms with Crippen molar-refractivity contribution in [2.75, 3.05) is 0 Å². The Morgan fingerprint density at radius 1 is 1.41 bits per heavy atom. The molecule has 3 rings (SSSR count). The minimum atomic E-state index is 0.0725. The monoisotopic (exact) mass is 314 g/mol. The molecule has 92 valence electrons. The van der Waals surface area contributed by atoms with E-state index in [1.54, 1.807) is 11.3 Å². The van der Waals surface area contributed by atoms with Gasteiger partial charge in [-0.15, -0.1) is 11.3 Å². The maximum Gasteiger partial charge on any atom is 0.223 e. The van der Waals surface area contributed by atoms with Gasteiger partial charge in [-0.3, -0.25) is 4.79 Å². The molecule has 2 aliphatic rings. The van der Waals surface area contributed by atoms with Gasteiger partial charge in [0.05, 0.1) is 6.04 Å². The Kier molecular flexibility index (Phi) is 3.00. The zero-order chi connectivity index (χ0) is 12.0. The van der Waals surface area contributed by atoms with Gasteiger partial charge in [0.2, 0.25) is 5.91 Å². The number of carbonyl (C=O) groups excluding carboxylic acids is 1. The Morgan fingerprint density at radius 3 is 2.76 bits per heavy atom. The van der Waals surface area contributed by atoms with Crippen LogP contribution >= 0.6 is 27.3 Å². The first kappa shape index (κ1) is 11.7. The van der Waals surface area contributed by atoms with Crippen molar-refractivity contribution in [1.82, 2.24) is 4.90 Å². The molecule has 3 nitrogen and oxygen atoms in total. The predicted molar refractivity (Wildman–Crippen MR) is 71.8 cm³/mol. The summed E-state index contributed by atoms with van der Waals surface area (Å²) in [5.74, 6) is 0.277. The molecule has 1 aliphatic heterocycles. The highest BCUT2D eigenvalue weighted by atomic mass is 79.9. The number of nitrogens with zero attached hydrogens (tertiary/aromatic N) is 1. The fraction of sp³-hybridized carbons (Fsp3) is 0.583. The Bertz CT molecular complexity index is 443. The molecule has 2 atom stereocenters. The second kappa shape index (κ2) is 4.37. The zero-order valence-electron chi connectivity index (χ0n) is 9.43. The highest BCUT2D eigenvalue weighted by Gasteiger charge is 2.43. The molecule has 1 aromatic rings. The van der Waals surface area contributed by atoms with Crippen molar-refractivity contribution < 1.29 is 4.79 Å². The van der Waals surface area contributed by atoms with Crippen LogP contribution in [0.3, 0.4) is 0 Å². The van der Waals surface area contributed by atoms with E-state index in [1.807, 2.05) is 11.0 Å². The number of hydrogen-bond donors (Lipinski definition) is 1. The van der Waals surface area contributed by atoms with Crippen LogP contribution < -0.4 is 5.73 Å². The molecular formula is C12H15BrN2OS. The summed E-state index contributed by atoms with van der Waals surface area (Å²) in [7, 11) is 0. The van der Waals surface area contributed by atoms with Crippen LogP contribution in [0.5, 0.6) is 0 Å². The van der Waals surface area contributed by atoms with Crippen LogP contribution in [-0.4, -0.2) is 22.9 Å². The number of likely N-dealkylation sites (tertiary alicyclic amines) is 1. The van der Waals surface area contributed by atoms with Gasteiger partial charge in [0, 0.05) is 27.9 Å². The van der Waals surface area contributed by atoms with Crippen LogP contribution in [0.15, 0.2) is 15.9 Å². The van der Waals surface area contributed by atoms with Gasteiger partial charge < -0.3 is 10.6 Å². The van der Waals surface area contributed by atoms with Crippen LogP contribution in [-0.2, 0) is 4.79 Å². The quantitative estimate of drug-likeness (QED) is 0.912. The maximum absolute atomic E-state index is 12.1. The molecule has 1 saturated heterocycles. The first-order valence-electron chi connectivity index (χ1n) is 5.98. The van der Waals surface area contributed by atoms with Gasteiger partial charge in [-0.1, -0.05) is 0 Å². The Hall–Kier alpha value is -0.390. The highest BCUT2D eigenvalue weighted by Crippen LogP contribution is 2.43. The van der Waals surface area contributed by atoms with Crippen molar-refractivity contribution in [2.45, 2.75) is 43.8 Å². The normalized spacial score (nSPS) is 29.8. The molecule has 1 aliphatic carbocycles. The summed E-state index contributed by atoms with van der Waals surface area (Å²) in [5, 5.41) is 2.05.